The maximum absolute atomic E-state index is 11.9. The van der Waals surface area contributed by atoms with Crippen molar-refractivity contribution in [1.29, 1.82) is 0 Å². The van der Waals surface area contributed by atoms with Gasteiger partial charge in [0.05, 0.1) is 17.5 Å². The topological polar surface area (TPSA) is 61.0 Å². The molecule has 1 aliphatic heterocycles. The molecule has 0 bridgehead atoms. The molecule has 1 aliphatic rings. The first-order valence-corrected chi connectivity index (χ1v) is 5.65. The van der Waals surface area contributed by atoms with Crippen molar-refractivity contribution in [3.8, 4) is 0 Å². The molecule has 18 heavy (non-hydrogen) atoms. The second-order valence-electron chi connectivity index (χ2n) is 4.44. The van der Waals surface area contributed by atoms with Crippen LogP contribution in [-0.4, -0.2) is 48.2 Å². The lowest BCUT2D eigenvalue weighted by Crippen LogP contribution is -2.30. The molecule has 7 heteroatoms. The zero-order chi connectivity index (χ0) is 11.5. The van der Waals surface area contributed by atoms with Crippen molar-refractivity contribution >= 4 is 30.7 Å². The Balaban J connectivity index is 0.00000144. The van der Waals surface area contributed by atoms with E-state index >= 15 is 0 Å². The number of halogens is 2. The highest BCUT2D eigenvalue weighted by Crippen LogP contribution is 2.24. The van der Waals surface area contributed by atoms with Crippen LogP contribution in [0.15, 0.2) is 6.20 Å². The van der Waals surface area contributed by atoms with Gasteiger partial charge in [-0.05, 0) is 19.4 Å². The second-order valence-corrected chi connectivity index (χ2v) is 4.44. The average Bonchev–Trinajstić information content (AvgIpc) is 2.77. The van der Waals surface area contributed by atoms with Crippen molar-refractivity contribution in [2.75, 3.05) is 27.2 Å². The minimum absolute atomic E-state index is 0. The molecule has 5 nitrogen and oxygen atoms in total. The molecule has 0 radical (unpaired) electrons. The molecule has 2 rings (SSSR count). The van der Waals surface area contributed by atoms with Gasteiger partial charge in [0.15, 0.2) is 0 Å². The molecule has 1 aromatic heterocycles. The van der Waals surface area contributed by atoms with E-state index < -0.39 is 0 Å². The Hall–Kier alpha value is -0.780. The summed E-state index contributed by atoms with van der Waals surface area (Å²) in [6.45, 7) is 2.00. The largest absolute Gasteiger partial charge is 0.345 e. The highest BCUT2D eigenvalue weighted by Gasteiger charge is 2.23. The van der Waals surface area contributed by atoms with Crippen molar-refractivity contribution in [2.24, 2.45) is 0 Å². The van der Waals surface area contributed by atoms with Crippen LogP contribution in [0, 0.1) is 0 Å². The number of nitrogens with one attached hydrogen (secondary N) is 2. The summed E-state index contributed by atoms with van der Waals surface area (Å²) in [5.74, 6) is 0.407. The zero-order valence-corrected chi connectivity index (χ0v) is 12.2. The predicted molar refractivity (Wildman–Crippen MR) is 75.9 cm³/mol. The van der Waals surface area contributed by atoms with E-state index in [1.807, 2.05) is 0 Å². The lowest BCUT2D eigenvalue weighted by atomic mass is 9.93. The maximum Gasteiger partial charge on any atom is 0.256 e. The van der Waals surface area contributed by atoms with Gasteiger partial charge in [-0.3, -0.25) is 9.89 Å². The van der Waals surface area contributed by atoms with Gasteiger partial charge in [0.2, 0.25) is 0 Å². The number of nitrogens with zero attached hydrogens (tertiary/aromatic N) is 2. The molecular weight excluding hydrogens is 275 g/mol. The SMILES string of the molecule is CN(C)C(=O)c1cn[nH]c1C1CCCNC1.Cl.Cl. The van der Waals surface area contributed by atoms with Crippen LogP contribution in [0.3, 0.4) is 0 Å². The van der Waals surface area contributed by atoms with E-state index in [9.17, 15) is 4.79 Å². The number of amides is 1. The van der Waals surface area contributed by atoms with Crippen molar-refractivity contribution < 1.29 is 4.79 Å². The zero-order valence-electron chi connectivity index (χ0n) is 10.6. The van der Waals surface area contributed by atoms with E-state index in [4.69, 9.17) is 0 Å². The third-order valence-electron chi connectivity index (χ3n) is 3.01. The third kappa shape index (κ3) is 3.60. The average molecular weight is 295 g/mol. The molecule has 1 amide bonds. The summed E-state index contributed by atoms with van der Waals surface area (Å²) in [6.07, 6.45) is 3.90. The van der Waals surface area contributed by atoms with Gasteiger partial charge in [0.25, 0.3) is 5.91 Å². The monoisotopic (exact) mass is 294 g/mol. The molecular formula is C11H20Cl2N4O. The molecule has 1 fully saturated rings. The minimum atomic E-state index is 0. The van der Waals surface area contributed by atoms with Crippen LogP contribution in [0.1, 0.15) is 34.8 Å². The van der Waals surface area contributed by atoms with E-state index in [0.717, 1.165) is 31.6 Å². The summed E-state index contributed by atoms with van der Waals surface area (Å²) in [6, 6.07) is 0. The standard InChI is InChI=1S/C11H18N4O.2ClH/c1-15(2)11(16)9-7-13-14-10(9)8-4-3-5-12-6-8;;/h7-8,12H,3-6H2,1-2H3,(H,13,14);2*1H. The lowest BCUT2D eigenvalue weighted by molar-refractivity contribution is 0.0826. The Morgan fingerprint density at radius 1 is 1.44 bits per heavy atom. The van der Waals surface area contributed by atoms with Crippen LogP contribution in [0.2, 0.25) is 0 Å². The number of hydrogen-bond donors (Lipinski definition) is 2. The van der Waals surface area contributed by atoms with Gasteiger partial charge in [-0.1, -0.05) is 0 Å². The summed E-state index contributed by atoms with van der Waals surface area (Å²) in [5.41, 5.74) is 1.68. The summed E-state index contributed by atoms with van der Waals surface area (Å²) in [5, 5.41) is 10.3. The molecule has 1 atom stereocenters. The smallest absolute Gasteiger partial charge is 0.256 e. The fourth-order valence-corrected chi connectivity index (χ4v) is 2.12. The predicted octanol–water partition coefficient (Wildman–Crippen LogP) is 1.42. The summed E-state index contributed by atoms with van der Waals surface area (Å²) >= 11 is 0. The summed E-state index contributed by atoms with van der Waals surface area (Å²) in [7, 11) is 3.52. The Bertz CT molecular complexity index is 375. The first-order chi connectivity index (χ1) is 7.70. The Morgan fingerprint density at radius 3 is 2.72 bits per heavy atom. The van der Waals surface area contributed by atoms with Crippen LogP contribution in [-0.2, 0) is 0 Å². The first-order valence-electron chi connectivity index (χ1n) is 5.65. The molecule has 2 N–H and O–H groups in total. The van der Waals surface area contributed by atoms with Crippen molar-refractivity contribution in [2.45, 2.75) is 18.8 Å². The Labute approximate surface area is 120 Å². The van der Waals surface area contributed by atoms with E-state index in [2.05, 4.69) is 15.5 Å². The fraction of sp³-hybridized carbons (Fsp3) is 0.636. The Morgan fingerprint density at radius 2 is 2.17 bits per heavy atom. The van der Waals surface area contributed by atoms with E-state index in [-0.39, 0.29) is 30.7 Å². The number of aromatic amines is 1. The van der Waals surface area contributed by atoms with Gasteiger partial charge in [0, 0.05) is 26.6 Å². The van der Waals surface area contributed by atoms with Gasteiger partial charge in [-0.2, -0.15) is 5.10 Å². The molecule has 1 unspecified atom stereocenters. The van der Waals surface area contributed by atoms with Crippen molar-refractivity contribution in [1.82, 2.24) is 20.4 Å². The number of rotatable bonds is 2. The maximum atomic E-state index is 11.9. The first kappa shape index (κ1) is 17.2. The number of H-pyrrole nitrogens is 1. The van der Waals surface area contributed by atoms with Crippen molar-refractivity contribution in [3.05, 3.63) is 17.5 Å². The number of aromatic nitrogens is 2. The molecule has 0 aliphatic carbocycles. The number of carbonyl (C=O) groups excluding carboxylic acids is 1. The quantitative estimate of drug-likeness (QED) is 0.867. The van der Waals surface area contributed by atoms with Crippen LogP contribution >= 0.6 is 24.8 Å². The highest BCUT2D eigenvalue weighted by atomic mass is 35.5. The second kappa shape index (κ2) is 7.61. The minimum Gasteiger partial charge on any atom is -0.345 e. The van der Waals surface area contributed by atoms with Gasteiger partial charge in [0.1, 0.15) is 0 Å². The summed E-state index contributed by atoms with van der Waals surface area (Å²) in [4.78, 5) is 13.5. The molecule has 0 spiro atoms. The summed E-state index contributed by atoms with van der Waals surface area (Å²) < 4.78 is 0. The van der Waals surface area contributed by atoms with Crippen LogP contribution < -0.4 is 5.32 Å². The fourth-order valence-electron chi connectivity index (χ4n) is 2.12. The van der Waals surface area contributed by atoms with Gasteiger partial charge < -0.3 is 10.2 Å². The number of piperidine rings is 1. The van der Waals surface area contributed by atoms with Gasteiger partial charge in [-0.15, -0.1) is 24.8 Å². The normalized spacial score (nSPS) is 18.4. The van der Waals surface area contributed by atoms with Gasteiger partial charge >= 0.3 is 0 Å². The molecule has 0 aromatic carbocycles. The lowest BCUT2D eigenvalue weighted by Gasteiger charge is -2.23. The van der Waals surface area contributed by atoms with Crippen molar-refractivity contribution in [3.63, 3.8) is 0 Å². The highest BCUT2D eigenvalue weighted by molar-refractivity contribution is 5.94. The molecule has 1 aromatic rings. The number of hydrogen-bond acceptors (Lipinski definition) is 3. The number of carbonyl (C=O) groups is 1. The van der Waals surface area contributed by atoms with E-state index in [1.165, 1.54) is 0 Å². The molecule has 1 saturated heterocycles. The van der Waals surface area contributed by atoms with Crippen LogP contribution in [0.25, 0.3) is 0 Å². The van der Waals surface area contributed by atoms with Crippen LogP contribution in [0.5, 0.6) is 0 Å². The molecule has 104 valence electrons. The molecule has 0 saturated carbocycles. The van der Waals surface area contributed by atoms with E-state index in [1.54, 1.807) is 25.2 Å². The Kier molecular flexibility index (Phi) is 7.28. The third-order valence-corrected chi connectivity index (χ3v) is 3.01. The van der Waals surface area contributed by atoms with E-state index in [0.29, 0.717) is 11.5 Å². The van der Waals surface area contributed by atoms with Gasteiger partial charge in [-0.25, -0.2) is 0 Å². The van der Waals surface area contributed by atoms with Crippen LogP contribution in [0.4, 0.5) is 0 Å². The molecule has 2 heterocycles.